The summed E-state index contributed by atoms with van der Waals surface area (Å²) >= 11 is 4.40. The second-order valence-electron chi connectivity index (χ2n) is 6.72. The number of aromatic nitrogens is 2. The molecule has 0 bridgehead atoms. The van der Waals surface area contributed by atoms with Gasteiger partial charge >= 0.3 is 0 Å². The minimum atomic E-state index is 0.0509. The van der Waals surface area contributed by atoms with Crippen LogP contribution < -0.4 is 5.32 Å². The molecule has 1 saturated carbocycles. The summed E-state index contributed by atoms with van der Waals surface area (Å²) in [6.45, 7) is 6.65. The maximum absolute atomic E-state index is 4.86. The van der Waals surface area contributed by atoms with E-state index in [4.69, 9.17) is 9.97 Å². The van der Waals surface area contributed by atoms with Crippen LogP contribution in [0, 0.1) is 3.57 Å². The number of nitrogens with one attached hydrogen (secondary N) is 1. The van der Waals surface area contributed by atoms with Crippen molar-refractivity contribution in [2.24, 2.45) is 0 Å². The highest BCUT2D eigenvalue weighted by Gasteiger charge is 2.23. The molecule has 3 nitrogen and oxygen atoms in total. The van der Waals surface area contributed by atoms with Crippen molar-refractivity contribution < 1.29 is 0 Å². The molecule has 5 heteroatoms. The predicted molar refractivity (Wildman–Crippen MR) is 101 cm³/mol. The van der Waals surface area contributed by atoms with Crippen molar-refractivity contribution in [1.29, 1.82) is 0 Å². The Morgan fingerprint density at radius 3 is 2.43 bits per heavy atom. The monoisotopic (exact) mass is 419 g/mol. The minimum Gasteiger partial charge on any atom is -0.372 e. The van der Waals surface area contributed by atoms with Gasteiger partial charge in [0.1, 0.15) is 11.6 Å². The predicted octanol–water partition coefficient (Wildman–Crippen LogP) is 4.99. The zero-order chi connectivity index (χ0) is 15.5. The second-order valence-corrected chi connectivity index (χ2v) is 9.09. The molecule has 1 N–H and O–H groups in total. The van der Waals surface area contributed by atoms with Gasteiger partial charge in [0, 0.05) is 17.7 Å². The van der Waals surface area contributed by atoms with E-state index in [0.717, 1.165) is 31.9 Å². The van der Waals surface area contributed by atoms with E-state index in [2.05, 4.69) is 48.7 Å². The first-order chi connectivity index (χ1) is 9.91. The topological polar surface area (TPSA) is 37.8 Å². The van der Waals surface area contributed by atoms with Crippen molar-refractivity contribution >= 4 is 40.2 Å². The molecule has 1 heterocycles. The fourth-order valence-electron chi connectivity index (χ4n) is 2.64. The zero-order valence-electron chi connectivity index (χ0n) is 13.5. The van der Waals surface area contributed by atoms with Gasteiger partial charge in [0.25, 0.3) is 0 Å². The van der Waals surface area contributed by atoms with E-state index < -0.39 is 0 Å². The summed E-state index contributed by atoms with van der Waals surface area (Å²) in [5.41, 5.74) is 1.21. The molecule has 1 aliphatic carbocycles. The minimum absolute atomic E-state index is 0.0509. The molecule has 0 radical (unpaired) electrons. The maximum atomic E-state index is 4.86. The van der Waals surface area contributed by atoms with Crippen LogP contribution in [0.3, 0.4) is 0 Å². The molecule has 1 fully saturated rings. The third-order valence-corrected chi connectivity index (χ3v) is 6.23. The van der Waals surface area contributed by atoms with Crippen molar-refractivity contribution in [2.45, 2.75) is 69.3 Å². The highest BCUT2D eigenvalue weighted by atomic mass is 127. The van der Waals surface area contributed by atoms with E-state index >= 15 is 0 Å². The molecule has 1 aliphatic rings. The molecule has 0 saturated heterocycles. The highest BCUT2D eigenvalue weighted by Crippen LogP contribution is 2.32. The van der Waals surface area contributed by atoms with Gasteiger partial charge in [0.2, 0.25) is 0 Å². The summed E-state index contributed by atoms with van der Waals surface area (Å²) in [6, 6.07) is 0. The van der Waals surface area contributed by atoms with Crippen LogP contribution in [0.5, 0.6) is 0 Å². The van der Waals surface area contributed by atoms with Gasteiger partial charge in [0.15, 0.2) is 0 Å². The Bertz CT molecular complexity index is 479. The lowest BCUT2D eigenvalue weighted by Gasteiger charge is -2.23. The number of nitrogens with zero attached hydrogens (tertiary/aromatic N) is 2. The Labute approximate surface area is 146 Å². The number of rotatable bonds is 4. The second kappa shape index (κ2) is 7.49. The lowest BCUT2D eigenvalue weighted by atomic mass is 9.92. The van der Waals surface area contributed by atoms with Crippen molar-refractivity contribution in [2.75, 3.05) is 12.4 Å². The molecular weight excluding hydrogens is 393 g/mol. The Morgan fingerprint density at radius 2 is 1.86 bits per heavy atom. The number of hydrogen-bond acceptors (Lipinski definition) is 4. The van der Waals surface area contributed by atoms with Crippen LogP contribution in [-0.4, -0.2) is 22.3 Å². The van der Waals surface area contributed by atoms with Gasteiger partial charge in [-0.1, -0.05) is 40.0 Å². The van der Waals surface area contributed by atoms with E-state index in [1.165, 1.54) is 32.1 Å². The summed E-state index contributed by atoms with van der Waals surface area (Å²) < 4.78 is 1.15. The molecule has 0 aliphatic heterocycles. The van der Waals surface area contributed by atoms with Gasteiger partial charge < -0.3 is 5.32 Å². The largest absolute Gasteiger partial charge is 0.372 e. The summed E-state index contributed by atoms with van der Waals surface area (Å²) in [5.74, 6) is 2.87. The van der Waals surface area contributed by atoms with Crippen molar-refractivity contribution in [3.8, 4) is 0 Å². The molecule has 0 unspecified atom stereocenters. The number of anilines is 1. The average Bonchev–Trinajstić information content (AvgIpc) is 2.46. The van der Waals surface area contributed by atoms with Crippen molar-refractivity contribution in [3.63, 3.8) is 0 Å². The fourth-order valence-corrected chi connectivity index (χ4v) is 5.15. The molecule has 0 spiro atoms. The molecule has 0 atom stereocenters. The summed E-state index contributed by atoms with van der Waals surface area (Å²) in [6.07, 6.45) is 6.91. The van der Waals surface area contributed by atoms with E-state index in [1.807, 2.05) is 18.8 Å². The van der Waals surface area contributed by atoms with Crippen molar-refractivity contribution in [1.82, 2.24) is 9.97 Å². The Kier molecular flexibility index (Phi) is 6.17. The van der Waals surface area contributed by atoms with Crippen molar-refractivity contribution in [3.05, 3.63) is 15.1 Å². The normalized spacial score (nSPS) is 17.0. The average molecular weight is 419 g/mol. The van der Waals surface area contributed by atoms with E-state index in [9.17, 15) is 0 Å². The van der Waals surface area contributed by atoms with Crippen LogP contribution >= 0.6 is 34.4 Å². The van der Waals surface area contributed by atoms with Gasteiger partial charge in [-0.3, -0.25) is 0 Å². The molecular formula is C16H26IN3S. The summed E-state index contributed by atoms with van der Waals surface area (Å²) in [5, 5.41) is 4.02. The van der Waals surface area contributed by atoms with Gasteiger partial charge in [0.05, 0.1) is 15.0 Å². The third-order valence-electron chi connectivity index (χ3n) is 3.85. The first kappa shape index (κ1) is 17.3. The zero-order valence-corrected chi connectivity index (χ0v) is 16.5. The lowest BCUT2D eigenvalue weighted by molar-refractivity contribution is 0.515. The van der Waals surface area contributed by atoms with E-state index in [0.29, 0.717) is 0 Å². The molecule has 1 aromatic heterocycles. The summed E-state index contributed by atoms with van der Waals surface area (Å²) in [7, 11) is 1.94. The lowest BCUT2D eigenvalue weighted by Crippen LogP contribution is -2.19. The molecule has 0 amide bonds. The highest BCUT2D eigenvalue weighted by molar-refractivity contribution is 14.1. The number of thioether (sulfide) groups is 1. The quantitative estimate of drug-likeness (QED) is 0.699. The Hall–Kier alpha value is -0.0400. The van der Waals surface area contributed by atoms with Crippen LogP contribution in [0.25, 0.3) is 0 Å². The molecule has 21 heavy (non-hydrogen) atoms. The van der Waals surface area contributed by atoms with Crippen LogP contribution in [0.15, 0.2) is 0 Å². The third kappa shape index (κ3) is 4.71. The van der Waals surface area contributed by atoms with Crippen LogP contribution in [0.4, 0.5) is 5.82 Å². The number of hydrogen-bond donors (Lipinski definition) is 1. The van der Waals surface area contributed by atoms with Crippen LogP contribution in [0.1, 0.15) is 64.4 Å². The first-order valence-corrected chi connectivity index (χ1v) is 9.91. The smallest absolute Gasteiger partial charge is 0.143 e. The van der Waals surface area contributed by atoms with E-state index in [-0.39, 0.29) is 5.41 Å². The Balaban J connectivity index is 2.15. The molecule has 118 valence electrons. The van der Waals surface area contributed by atoms with Gasteiger partial charge in [-0.15, -0.1) is 0 Å². The van der Waals surface area contributed by atoms with Gasteiger partial charge in [-0.05, 0) is 35.4 Å². The maximum Gasteiger partial charge on any atom is 0.143 e. The summed E-state index contributed by atoms with van der Waals surface area (Å²) in [4.78, 5) is 9.56. The number of halogens is 1. The molecule has 2 rings (SSSR count). The standard InChI is InChI=1S/C16H26IN3S/c1-16(2,3)14-13(17)15(18-4)20-12(19-14)10-21-11-8-6-5-7-9-11/h11H,5-10H2,1-4H3,(H,18,19,20). The molecule has 0 aromatic carbocycles. The van der Waals surface area contributed by atoms with E-state index in [1.54, 1.807) is 0 Å². The van der Waals surface area contributed by atoms with Crippen LogP contribution in [0.2, 0.25) is 0 Å². The Morgan fingerprint density at radius 1 is 1.19 bits per heavy atom. The molecule has 1 aromatic rings. The van der Waals surface area contributed by atoms with Gasteiger partial charge in [-0.25, -0.2) is 9.97 Å². The van der Waals surface area contributed by atoms with Crippen LogP contribution in [-0.2, 0) is 11.2 Å². The first-order valence-electron chi connectivity index (χ1n) is 7.78. The van der Waals surface area contributed by atoms with Gasteiger partial charge in [-0.2, -0.15) is 11.8 Å². The SMILES string of the molecule is CNc1nc(CSC2CCCCC2)nc(C(C)(C)C)c1I. The fraction of sp³-hybridized carbons (Fsp3) is 0.750.